The molecule has 0 saturated carbocycles. The van der Waals surface area contributed by atoms with Crippen molar-refractivity contribution in [1.82, 2.24) is 30.1 Å². The first-order valence-electron chi connectivity index (χ1n) is 11.7. The number of aryl methyl sites for hydroxylation is 1. The summed E-state index contributed by atoms with van der Waals surface area (Å²) in [6.07, 6.45) is 3.77. The van der Waals surface area contributed by atoms with E-state index in [1.807, 2.05) is 44.2 Å². The number of rotatable bonds is 8. The summed E-state index contributed by atoms with van der Waals surface area (Å²) in [5.74, 6) is -1.09. The van der Waals surface area contributed by atoms with Crippen LogP contribution in [-0.4, -0.2) is 49.2 Å². The number of imidazole rings is 1. The number of amides is 3. The SMILES string of the molecule is CCCN1C(=O)c2c(C(=O)NCc3ccccn3)ncn2CC1(C)C(=O)NCc1ccc(C)cc1. The Morgan fingerprint density at radius 3 is 2.51 bits per heavy atom. The fourth-order valence-electron chi connectivity index (χ4n) is 4.26. The summed E-state index contributed by atoms with van der Waals surface area (Å²) in [6.45, 7) is 6.88. The maximum absolute atomic E-state index is 13.6. The van der Waals surface area contributed by atoms with Crippen molar-refractivity contribution in [2.75, 3.05) is 6.54 Å². The number of pyridine rings is 1. The van der Waals surface area contributed by atoms with Gasteiger partial charge in [0, 0.05) is 19.3 Å². The second-order valence-corrected chi connectivity index (χ2v) is 8.97. The lowest BCUT2D eigenvalue weighted by Crippen LogP contribution is -2.64. The number of carbonyl (C=O) groups is 3. The summed E-state index contributed by atoms with van der Waals surface area (Å²) in [6, 6.07) is 13.4. The fraction of sp³-hybridized carbons (Fsp3) is 0.346. The van der Waals surface area contributed by atoms with E-state index in [2.05, 4.69) is 20.6 Å². The minimum Gasteiger partial charge on any atom is -0.350 e. The first-order chi connectivity index (χ1) is 16.8. The van der Waals surface area contributed by atoms with Crippen LogP contribution in [0.15, 0.2) is 55.0 Å². The fourth-order valence-corrected chi connectivity index (χ4v) is 4.26. The molecule has 0 aliphatic carbocycles. The number of nitrogens with zero attached hydrogens (tertiary/aromatic N) is 4. The second kappa shape index (κ2) is 10.1. The number of aromatic nitrogens is 3. The summed E-state index contributed by atoms with van der Waals surface area (Å²) in [5, 5.41) is 5.76. The maximum Gasteiger partial charge on any atom is 0.273 e. The van der Waals surface area contributed by atoms with E-state index in [-0.39, 0.29) is 36.3 Å². The lowest BCUT2D eigenvalue weighted by Gasteiger charge is -2.43. The highest BCUT2D eigenvalue weighted by atomic mass is 16.2. The van der Waals surface area contributed by atoms with Gasteiger partial charge in [-0.15, -0.1) is 0 Å². The zero-order valence-corrected chi connectivity index (χ0v) is 20.2. The van der Waals surface area contributed by atoms with Gasteiger partial charge in [0.15, 0.2) is 5.69 Å². The maximum atomic E-state index is 13.6. The first kappa shape index (κ1) is 24.1. The molecule has 3 aromatic rings. The van der Waals surface area contributed by atoms with Crippen molar-refractivity contribution >= 4 is 17.7 Å². The Labute approximate surface area is 204 Å². The Kier molecular flexibility index (Phi) is 6.95. The normalized spacial score (nSPS) is 17.1. The standard InChI is InChI=1S/C26H30N6O3/c1-4-13-32-24(34)22-21(23(33)28-15-20-7-5-6-12-27-20)30-17-31(22)16-26(32,3)25(35)29-14-19-10-8-18(2)9-11-19/h5-12,17H,4,13-16H2,1-3H3,(H,28,33)(H,29,35). The lowest BCUT2D eigenvalue weighted by molar-refractivity contribution is -0.133. The number of fused-ring (bicyclic) bond motifs is 1. The largest absolute Gasteiger partial charge is 0.350 e. The van der Waals surface area contributed by atoms with Crippen LogP contribution >= 0.6 is 0 Å². The molecule has 3 heterocycles. The van der Waals surface area contributed by atoms with Crippen LogP contribution in [0.3, 0.4) is 0 Å². The van der Waals surface area contributed by atoms with Crippen LogP contribution in [0.4, 0.5) is 0 Å². The van der Waals surface area contributed by atoms with Crippen LogP contribution in [0.5, 0.6) is 0 Å². The van der Waals surface area contributed by atoms with Gasteiger partial charge in [0.1, 0.15) is 11.2 Å². The van der Waals surface area contributed by atoms with Gasteiger partial charge < -0.3 is 20.1 Å². The monoisotopic (exact) mass is 474 g/mol. The lowest BCUT2D eigenvalue weighted by atomic mass is 9.93. The van der Waals surface area contributed by atoms with Gasteiger partial charge in [0.05, 0.1) is 25.1 Å². The highest BCUT2D eigenvalue weighted by molar-refractivity contribution is 6.07. The third-order valence-corrected chi connectivity index (χ3v) is 6.24. The van der Waals surface area contributed by atoms with Crippen molar-refractivity contribution in [3.63, 3.8) is 0 Å². The molecule has 9 heteroatoms. The molecule has 4 rings (SSSR count). The average Bonchev–Trinajstić information content (AvgIpc) is 3.29. The second-order valence-electron chi connectivity index (χ2n) is 8.97. The molecule has 35 heavy (non-hydrogen) atoms. The van der Waals surface area contributed by atoms with E-state index in [9.17, 15) is 14.4 Å². The minimum absolute atomic E-state index is 0.0501. The molecule has 1 unspecified atom stereocenters. The van der Waals surface area contributed by atoms with E-state index in [1.165, 1.54) is 6.33 Å². The summed E-state index contributed by atoms with van der Waals surface area (Å²) < 4.78 is 1.61. The molecule has 0 saturated heterocycles. The molecule has 0 spiro atoms. The third-order valence-electron chi connectivity index (χ3n) is 6.24. The highest BCUT2D eigenvalue weighted by Gasteiger charge is 2.48. The molecular formula is C26H30N6O3. The number of benzene rings is 1. The van der Waals surface area contributed by atoms with Gasteiger partial charge >= 0.3 is 0 Å². The molecule has 1 aliphatic heterocycles. The van der Waals surface area contributed by atoms with Crippen LogP contribution in [0, 0.1) is 6.92 Å². The molecular weight excluding hydrogens is 444 g/mol. The van der Waals surface area contributed by atoms with E-state index in [0.29, 0.717) is 25.2 Å². The minimum atomic E-state index is -1.12. The van der Waals surface area contributed by atoms with Gasteiger partial charge in [-0.1, -0.05) is 42.8 Å². The van der Waals surface area contributed by atoms with Crippen molar-refractivity contribution in [2.45, 2.75) is 52.4 Å². The van der Waals surface area contributed by atoms with E-state index < -0.39 is 11.4 Å². The zero-order chi connectivity index (χ0) is 25.0. The van der Waals surface area contributed by atoms with Gasteiger partial charge in [0.2, 0.25) is 5.91 Å². The molecule has 1 aromatic carbocycles. The van der Waals surface area contributed by atoms with Crippen molar-refractivity contribution in [1.29, 1.82) is 0 Å². The van der Waals surface area contributed by atoms with Crippen LogP contribution < -0.4 is 10.6 Å². The van der Waals surface area contributed by atoms with E-state index in [0.717, 1.165) is 11.1 Å². The van der Waals surface area contributed by atoms with Gasteiger partial charge in [-0.25, -0.2) is 4.98 Å². The molecule has 1 aliphatic rings. The number of nitrogens with one attached hydrogen (secondary N) is 2. The molecule has 2 aromatic heterocycles. The quantitative estimate of drug-likeness (QED) is 0.521. The van der Waals surface area contributed by atoms with Crippen molar-refractivity contribution in [3.8, 4) is 0 Å². The van der Waals surface area contributed by atoms with Gasteiger partial charge in [-0.05, 0) is 38.0 Å². The van der Waals surface area contributed by atoms with E-state index in [4.69, 9.17) is 0 Å². The predicted octanol–water partition coefficient (Wildman–Crippen LogP) is 2.46. The highest BCUT2D eigenvalue weighted by Crippen LogP contribution is 2.29. The summed E-state index contributed by atoms with van der Waals surface area (Å²) in [4.78, 5) is 49.8. The van der Waals surface area contributed by atoms with Crippen molar-refractivity contribution < 1.29 is 14.4 Å². The Morgan fingerprint density at radius 1 is 1.06 bits per heavy atom. The molecule has 3 amide bonds. The summed E-state index contributed by atoms with van der Waals surface area (Å²) in [7, 11) is 0. The Bertz CT molecular complexity index is 1220. The summed E-state index contributed by atoms with van der Waals surface area (Å²) in [5.41, 5.74) is 1.95. The molecule has 0 fully saturated rings. The van der Waals surface area contributed by atoms with Crippen molar-refractivity contribution in [2.24, 2.45) is 0 Å². The Hall–Kier alpha value is -4.01. The van der Waals surface area contributed by atoms with Crippen LogP contribution in [0.1, 0.15) is 58.1 Å². The topological polar surface area (TPSA) is 109 Å². The number of hydrogen-bond acceptors (Lipinski definition) is 5. The first-order valence-corrected chi connectivity index (χ1v) is 11.7. The van der Waals surface area contributed by atoms with E-state index in [1.54, 1.807) is 34.7 Å². The summed E-state index contributed by atoms with van der Waals surface area (Å²) >= 11 is 0. The zero-order valence-electron chi connectivity index (χ0n) is 20.2. The van der Waals surface area contributed by atoms with Gasteiger partial charge in [-0.2, -0.15) is 0 Å². The Morgan fingerprint density at radius 2 is 1.83 bits per heavy atom. The van der Waals surface area contributed by atoms with Gasteiger partial charge in [-0.3, -0.25) is 19.4 Å². The molecule has 182 valence electrons. The predicted molar refractivity (Wildman–Crippen MR) is 130 cm³/mol. The third kappa shape index (κ3) is 4.94. The molecule has 2 N–H and O–H groups in total. The van der Waals surface area contributed by atoms with Crippen LogP contribution in [0.25, 0.3) is 0 Å². The number of hydrogen-bond donors (Lipinski definition) is 2. The van der Waals surface area contributed by atoms with Crippen molar-refractivity contribution in [3.05, 3.63) is 83.2 Å². The molecule has 0 radical (unpaired) electrons. The molecule has 9 nitrogen and oxygen atoms in total. The molecule has 1 atom stereocenters. The molecule has 0 bridgehead atoms. The van der Waals surface area contributed by atoms with E-state index >= 15 is 0 Å². The van der Waals surface area contributed by atoms with Crippen LogP contribution in [0.2, 0.25) is 0 Å². The smallest absolute Gasteiger partial charge is 0.273 e. The van der Waals surface area contributed by atoms with Gasteiger partial charge in [0.25, 0.3) is 11.8 Å². The van der Waals surface area contributed by atoms with Crippen LogP contribution in [-0.2, 0) is 24.4 Å². The average molecular weight is 475 g/mol. The number of carbonyl (C=O) groups excluding carboxylic acids is 3. The Balaban J connectivity index is 1.54.